The first-order valence-corrected chi connectivity index (χ1v) is 6.28. The molecular formula is C12H24N2O2. The molecule has 16 heavy (non-hydrogen) atoms. The fourth-order valence-electron chi connectivity index (χ4n) is 1.89. The summed E-state index contributed by atoms with van der Waals surface area (Å²) in [5.41, 5.74) is 0. The van der Waals surface area contributed by atoms with E-state index in [2.05, 4.69) is 24.1 Å². The van der Waals surface area contributed by atoms with E-state index in [1.807, 2.05) is 0 Å². The van der Waals surface area contributed by atoms with Crippen LogP contribution in [-0.4, -0.2) is 49.7 Å². The molecular weight excluding hydrogens is 204 g/mol. The highest BCUT2D eigenvalue weighted by molar-refractivity contribution is 5.75. The van der Waals surface area contributed by atoms with Gasteiger partial charge in [0.25, 0.3) is 0 Å². The van der Waals surface area contributed by atoms with Crippen molar-refractivity contribution >= 4 is 5.97 Å². The maximum absolute atomic E-state index is 11.6. The highest BCUT2D eigenvalue weighted by Crippen LogP contribution is 2.26. The van der Waals surface area contributed by atoms with E-state index in [1.54, 1.807) is 0 Å². The van der Waals surface area contributed by atoms with E-state index in [0.29, 0.717) is 6.04 Å². The number of esters is 1. The average Bonchev–Trinajstić information content (AvgIpc) is 3.12. The molecule has 1 unspecified atom stereocenters. The van der Waals surface area contributed by atoms with E-state index in [1.165, 1.54) is 20.0 Å². The third kappa shape index (κ3) is 4.10. The summed E-state index contributed by atoms with van der Waals surface area (Å²) < 4.78 is 4.83. The van der Waals surface area contributed by atoms with Crippen LogP contribution in [-0.2, 0) is 9.53 Å². The molecule has 94 valence electrons. The molecule has 0 aliphatic heterocycles. The average molecular weight is 228 g/mol. The first-order valence-electron chi connectivity index (χ1n) is 6.28. The molecule has 0 heterocycles. The lowest BCUT2D eigenvalue weighted by molar-refractivity contribution is -0.143. The Balaban J connectivity index is 2.43. The summed E-state index contributed by atoms with van der Waals surface area (Å²) in [7, 11) is 1.45. The molecule has 1 rings (SSSR count). The monoisotopic (exact) mass is 228 g/mol. The third-order valence-corrected chi connectivity index (χ3v) is 3.01. The summed E-state index contributed by atoms with van der Waals surface area (Å²) in [6.45, 7) is 6.88. The highest BCUT2D eigenvalue weighted by atomic mass is 16.5. The summed E-state index contributed by atoms with van der Waals surface area (Å²) in [5, 5.41) is 3.25. The molecule has 1 saturated carbocycles. The quantitative estimate of drug-likeness (QED) is 0.630. The van der Waals surface area contributed by atoms with Crippen LogP contribution in [0.1, 0.15) is 33.1 Å². The molecule has 1 atom stereocenters. The molecule has 0 aromatic carbocycles. The van der Waals surface area contributed by atoms with Gasteiger partial charge in [0.15, 0.2) is 0 Å². The number of nitrogens with zero attached hydrogens (tertiary/aromatic N) is 1. The lowest BCUT2D eigenvalue weighted by Crippen LogP contribution is -2.47. The zero-order chi connectivity index (χ0) is 12.0. The van der Waals surface area contributed by atoms with E-state index in [4.69, 9.17) is 4.74 Å². The molecule has 0 aromatic rings. The van der Waals surface area contributed by atoms with Crippen molar-refractivity contribution in [2.24, 2.45) is 0 Å². The number of likely N-dealkylation sites (N-methyl/N-ethyl adjacent to an activating group) is 1. The molecule has 1 N–H and O–H groups in total. The summed E-state index contributed by atoms with van der Waals surface area (Å²) in [5.74, 6) is -0.146. The minimum atomic E-state index is -0.175. The SMILES string of the molecule is CCCNC(CN(CC)C1CC1)C(=O)OC. The van der Waals surface area contributed by atoms with Gasteiger partial charge < -0.3 is 10.1 Å². The van der Waals surface area contributed by atoms with Crippen molar-refractivity contribution in [3.8, 4) is 0 Å². The summed E-state index contributed by atoms with van der Waals surface area (Å²) in [4.78, 5) is 14.0. The number of ether oxygens (including phenoxy) is 1. The van der Waals surface area contributed by atoms with Crippen LogP contribution in [0.25, 0.3) is 0 Å². The number of hydrogen-bond donors (Lipinski definition) is 1. The summed E-state index contributed by atoms with van der Waals surface area (Å²) in [6, 6.07) is 0.520. The van der Waals surface area contributed by atoms with Crippen LogP contribution in [0.4, 0.5) is 0 Å². The zero-order valence-corrected chi connectivity index (χ0v) is 10.7. The second-order valence-electron chi connectivity index (χ2n) is 4.35. The van der Waals surface area contributed by atoms with Crippen LogP contribution in [0.15, 0.2) is 0 Å². The van der Waals surface area contributed by atoms with E-state index < -0.39 is 0 Å². The van der Waals surface area contributed by atoms with Crippen molar-refractivity contribution in [3.63, 3.8) is 0 Å². The normalized spacial score (nSPS) is 17.5. The lowest BCUT2D eigenvalue weighted by atomic mass is 10.2. The van der Waals surface area contributed by atoms with Gasteiger partial charge in [0.1, 0.15) is 6.04 Å². The summed E-state index contributed by atoms with van der Waals surface area (Å²) in [6.07, 6.45) is 3.58. The van der Waals surface area contributed by atoms with Crippen LogP contribution in [0.5, 0.6) is 0 Å². The van der Waals surface area contributed by atoms with Crippen LogP contribution >= 0.6 is 0 Å². The fourth-order valence-corrected chi connectivity index (χ4v) is 1.89. The van der Waals surface area contributed by atoms with Crippen LogP contribution in [0.2, 0.25) is 0 Å². The number of hydrogen-bond acceptors (Lipinski definition) is 4. The maximum Gasteiger partial charge on any atom is 0.324 e. The Hall–Kier alpha value is -0.610. The van der Waals surface area contributed by atoms with E-state index in [9.17, 15) is 4.79 Å². The molecule has 0 spiro atoms. The Kier molecular flexibility index (Phi) is 5.77. The van der Waals surface area contributed by atoms with Crippen molar-refractivity contribution in [1.29, 1.82) is 0 Å². The topological polar surface area (TPSA) is 41.6 Å². The van der Waals surface area contributed by atoms with Gasteiger partial charge in [-0.15, -0.1) is 0 Å². The van der Waals surface area contributed by atoms with Gasteiger partial charge in [0.2, 0.25) is 0 Å². The van der Waals surface area contributed by atoms with Crippen molar-refractivity contribution in [3.05, 3.63) is 0 Å². The van der Waals surface area contributed by atoms with E-state index in [-0.39, 0.29) is 12.0 Å². The smallest absolute Gasteiger partial charge is 0.324 e. The van der Waals surface area contributed by atoms with E-state index in [0.717, 1.165) is 26.1 Å². The van der Waals surface area contributed by atoms with Crippen molar-refractivity contribution < 1.29 is 9.53 Å². The van der Waals surface area contributed by atoms with Gasteiger partial charge in [-0.25, -0.2) is 0 Å². The van der Waals surface area contributed by atoms with Gasteiger partial charge in [0.05, 0.1) is 7.11 Å². The Bertz CT molecular complexity index is 217. The van der Waals surface area contributed by atoms with Crippen LogP contribution in [0, 0.1) is 0 Å². The molecule has 0 bridgehead atoms. The number of carbonyl (C=O) groups is 1. The first kappa shape index (κ1) is 13.5. The Labute approximate surface area is 98.3 Å². The maximum atomic E-state index is 11.6. The minimum Gasteiger partial charge on any atom is -0.468 e. The standard InChI is InChI=1S/C12H24N2O2/c1-4-8-13-11(12(15)16-3)9-14(5-2)10-6-7-10/h10-11,13H,4-9H2,1-3H3. The van der Waals surface area contributed by atoms with Gasteiger partial charge in [-0.05, 0) is 32.4 Å². The van der Waals surface area contributed by atoms with E-state index >= 15 is 0 Å². The predicted molar refractivity (Wildman–Crippen MR) is 64.4 cm³/mol. The van der Waals surface area contributed by atoms with Crippen LogP contribution < -0.4 is 5.32 Å². The molecule has 1 aliphatic carbocycles. The molecule has 0 amide bonds. The second kappa shape index (κ2) is 6.86. The van der Waals surface area contributed by atoms with Gasteiger partial charge in [-0.1, -0.05) is 13.8 Å². The molecule has 4 heteroatoms. The zero-order valence-electron chi connectivity index (χ0n) is 10.7. The van der Waals surface area contributed by atoms with Crippen molar-refractivity contribution in [2.75, 3.05) is 26.7 Å². The van der Waals surface area contributed by atoms with Crippen molar-refractivity contribution in [2.45, 2.75) is 45.2 Å². The lowest BCUT2D eigenvalue weighted by Gasteiger charge is -2.25. The Morgan fingerprint density at radius 2 is 2.19 bits per heavy atom. The fraction of sp³-hybridized carbons (Fsp3) is 0.917. The number of carbonyl (C=O) groups excluding carboxylic acids is 1. The van der Waals surface area contributed by atoms with Gasteiger partial charge in [0, 0.05) is 12.6 Å². The molecule has 1 aliphatic rings. The third-order valence-electron chi connectivity index (χ3n) is 3.01. The molecule has 1 fully saturated rings. The Morgan fingerprint density at radius 3 is 2.62 bits per heavy atom. The van der Waals surface area contributed by atoms with Gasteiger partial charge in [-0.2, -0.15) is 0 Å². The van der Waals surface area contributed by atoms with Gasteiger partial charge >= 0.3 is 5.97 Å². The molecule has 0 aromatic heterocycles. The largest absolute Gasteiger partial charge is 0.468 e. The van der Waals surface area contributed by atoms with Crippen molar-refractivity contribution in [1.82, 2.24) is 10.2 Å². The number of nitrogens with one attached hydrogen (secondary N) is 1. The van der Waals surface area contributed by atoms with Crippen LogP contribution in [0.3, 0.4) is 0 Å². The molecule has 0 saturated heterocycles. The highest BCUT2D eigenvalue weighted by Gasteiger charge is 2.31. The molecule has 4 nitrogen and oxygen atoms in total. The first-order chi connectivity index (χ1) is 7.72. The second-order valence-corrected chi connectivity index (χ2v) is 4.35. The summed E-state index contributed by atoms with van der Waals surface area (Å²) >= 11 is 0. The number of rotatable bonds is 8. The number of methoxy groups -OCH3 is 1. The molecule has 0 radical (unpaired) electrons. The Morgan fingerprint density at radius 1 is 1.50 bits per heavy atom. The minimum absolute atomic E-state index is 0.146. The predicted octanol–water partition coefficient (Wildman–Crippen LogP) is 1.01. The van der Waals surface area contributed by atoms with Gasteiger partial charge in [-0.3, -0.25) is 9.69 Å².